The lowest BCUT2D eigenvalue weighted by Gasteiger charge is -2.29. The molecule has 2 rings (SSSR count). The van der Waals surface area contributed by atoms with Crippen LogP contribution in [0.3, 0.4) is 0 Å². The summed E-state index contributed by atoms with van der Waals surface area (Å²) in [6.45, 7) is 8.10. The molecule has 6 nitrogen and oxygen atoms in total. The van der Waals surface area contributed by atoms with E-state index in [-0.39, 0.29) is 6.10 Å². The summed E-state index contributed by atoms with van der Waals surface area (Å²) in [6.07, 6.45) is 2.62. The first-order valence-corrected chi connectivity index (χ1v) is 9.70. The van der Waals surface area contributed by atoms with Gasteiger partial charge in [-0.15, -0.1) is 0 Å². The van der Waals surface area contributed by atoms with Gasteiger partial charge in [-0.05, 0) is 37.3 Å². The zero-order valence-electron chi connectivity index (χ0n) is 16.2. The van der Waals surface area contributed by atoms with Gasteiger partial charge in [0.2, 0.25) is 0 Å². The van der Waals surface area contributed by atoms with Crippen LogP contribution in [-0.4, -0.2) is 62.0 Å². The van der Waals surface area contributed by atoms with Gasteiger partial charge in [-0.25, -0.2) is 4.99 Å². The molecule has 3 N–H and O–H groups in total. The van der Waals surface area contributed by atoms with E-state index in [1.54, 1.807) is 7.11 Å². The Morgan fingerprint density at radius 2 is 1.88 bits per heavy atom. The van der Waals surface area contributed by atoms with Crippen LogP contribution in [0.1, 0.15) is 37.3 Å². The first-order chi connectivity index (χ1) is 12.7. The first-order valence-electron chi connectivity index (χ1n) is 9.70. The Morgan fingerprint density at radius 3 is 2.54 bits per heavy atom. The fraction of sp³-hybridized carbons (Fsp3) is 0.650. The van der Waals surface area contributed by atoms with Crippen LogP contribution < -0.4 is 10.6 Å². The third-order valence-corrected chi connectivity index (χ3v) is 4.57. The molecule has 0 saturated carbocycles. The Labute approximate surface area is 157 Å². The summed E-state index contributed by atoms with van der Waals surface area (Å²) in [4.78, 5) is 7.06. The van der Waals surface area contributed by atoms with Crippen molar-refractivity contribution in [1.82, 2.24) is 15.5 Å². The summed E-state index contributed by atoms with van der Waals surface area (Å²) in [5, 5.41) is 16.2. The van der Waals surface area contributed by atoms with E-state index >= 15 is 0 Å². The van der Waals surface area contributed by atoms with Crippen LogP contribution in [0.5, 0.6) is 0 Å². The number of nitrogens with zero attached hydrogens (tertiary/aromatic N) is 2. The molecule has 26 heavy (non-hydrogen) atoms. The van der Waals surface area contributed by atoms with E-state index in [2.05, 4.69) is 51.7 Å². The van der Waals surface area contributed by atoms with Gasteiger partial charge < -0.3 is 20.5 Å². The molecule has 0 aromatic heterocycles. The van der Waals surface area contributed by atoms with Crippen molar-refractivity contribution < 1.29 is 9.84 Å². The number of aliphatic imine (C=N–C) groups is 1. The normalized spacial score (nSPS) is 16.7. The van der Waals surface area contributed by atoms with Gasteiger partial charge in [0, 0.05) is 46.4 Å². The van der Waals surface area contributed by atoms with E-state index in [1.807, 2.05) is 0 Å². The summed E-state index contributed by atoms with van der Waals surface area (Å²) in [5.41, 5.74) is 2.52. The van der Waals surface area contributed by atoms with E-state index < -0.39 is 0 Å². The molecule has 0 amide bonds. The number of ether oxygens (including phenoxy) is 1. The Bertz CT molecular complexity index is 525. The number of hydrogen-bond donors (Lipinski definition) is 3. The van der Waals surface area contributed by atoms with E-state index in [0.717, 1.165) is 64.6 Å². The summed E-state index contributed by atoms with van der Waals surface area (Å²) >= 11 is 0. The second-order valence-corrected chi connectivity index (χ2v) is 6.79. The number of aliphatic hydroxyl groups is 1. The van der Waals surface area contributed by atoms with Gasteiger partial charge in [-0.2, -0.15) is 0 Å². The van der Waals surface area contributed by atoms with Crippen LogP contribution >= 0.6 is 0 Å². The number of methoxy groups -OCH3 is 1. The Kier molecular flexibility index (Phi) is 9.45. The maximum Gasteiger partial charge on any atom is 0.191 e. The fourth-order valence-corrected chi connectivity index (χ4v) is 3.02. The van der Waals surface area contributed by atoms with Gasteiger partial charge in [0.1, 0.15) is 0 Å². The third-order valence-electron chi connectivity index (χ3n) is 4.57. The molecular weight excluding hydrogens is 328 g/mol. The molecule has 1 aliphatic rings. The number of aliphatic hydroxyl groups excluding tert-OH is 1. The van der Waals surface area contributed by atoms with Crippen LogP contribution in [0, 0.1) is 0 Å². The van der Waals surface area contributed by atoms with Crippen LogP contribution in [0.2, 0.25) is 0 Å². The predicted molar refractivity (Wildman–Crippen MR) is 106 cm³/mol. The molecule has 1 fully saturated rings. The highest BCUT2D eigenvalue weighted by Gasteiger charge is 2.16. The highest BCUT2D eigenvalue weighted by molar-refractivity contribution is 5.79. The molecule has 0 bridgehead atoms. The van der Waals surface area contributed by atoms with Gasteiger partial charge in [0.05, 0.1) is 12.6 Å². The zero-order chi connectivity index (χ0) is 18.6. The molecule has 0 unspecified atom stereocenters. The van der Waals surface area contributed by atoms with E-state index in [4.69, 9.17) is 4.74 Å². The molecular formula is C20H34N4O2. The van der Waals surface area contributed by atoms with Crippen molar-refractivity contribution in [2.45, 2.75) is 45.4 Å². The maximum absolute atomic E-state index is 9.60. The van der Waals surface area contributed by atoms with Crippen molar-refractivity contribution in [2.75, 3.05) is 39.9 Å². The van der Waals surface area contributed by atoms with Crippen molar-refractivity contribution in [3.63, 3.8) is 0 Å². The molecule has 0 radical (unpaired) electrons. The monoisotopic (exact) mass is 362 g/mol. The van der Waals surface area contributed by atoms with Crippen molar-refractivity contribution in [1.29, 1.82) is 0 Å². The number of benzene rings is 1. The zero-order valence-corrected chi connectivity index (χ0v) is 16.2. The van der Waals surface area contributed by atoms with E-state index in [1.165, 1.54) is 11.1 Å². The van der Waals surface area contributed by atoms with Crippen LogP contribution in [0.25, 0.3) is 0 Å². The van der Waals surface area contributed by atoms with E-state index in [9.17, 15) is 5.11 Å². The lowest BCUT2D eigenvalue weighted by Crippen LogP contribution is -2.38. The SMILES string of the molecule is CCNC(=NCc1ccc(CN2CCC(O)CC2)cc1)NCCCOC. The second kappa shape index (κ2) is 11.9. The van der Waals surface area contributed by atoms with E-state index in [0.29, 0.717) is 6.54 Å². The van der Waals surface area contributed by atoms with Crippen LogP contribution in [0.15, 0.2) is 29.3 Å². The van der Waals surface area contributed by atoms with Crippen LogP contribution in [-0.2, 0) is 17.8 Å². The van der Waals surface area contributed by atoms with Crippen molar-refractivity contribution in [2.24, 2.45) is 4.99 Å². The maximum atomic E-state index is 9.60. The van der Waals surface area contributed by atoms with Gasteiger partial charge in [-0.3, -0.25) is 4.90 Å². The Hall–Kier alpha value is -1.63. The molecule has 1 saturated heterocycles. The lowest BCUT2D eigenvalue weighted by molar-refractivity contribution is 0.0792. The van der Waals surface area contributed by atoms with Crippen molar-refractivity contribution >= 4 is 5.96 Å². The molecule has 0 spiro atoms. The Balaban J connectivity index is 1.80. The molecule has 0 atom stereocenters. The largest absolute Gasteiger partial charge is 0.393 e. The highest BCUT2D eigenvalue weighted by atomic mass is 16.5. The fourth-order valence-electron chi connectivity index (χ4n) is 3.02. The molecule has 1 heterocycles. The van der Waals surface area contributed by atoms with Gasteiger partial charge >= 0.3 is 0 Å². The molecule has 146 valence electrons. The summed E-state index contributed by atoms with van der Waals surface area (Å²) in [6, 6.07) is 8.70. The quantitative estimate of drug-likeness (QED) is 0.355. The first kappa shape index (κ1) is 20.7. The number of likely N-dealkylation sites (tertiary alicyclic amines) is 1. The highest BCUT2D eigenvalue weighted by Crippen LogP contribution is 2.14. The molecule has 1 aromatic carbocycles. The van der Waals surface area contributed by atoms with Crippen molar-refractivity contribution in [3.8, 4) is 0 Å². The molecule has 1 aromatic rings. The molecule has 6 heteroatoms. The van der Waals surface area contributed by atoms with Gasteiger partial charge in [0.25, 0.3) is 0 Å². The Morgan fingerprint density at radius 1 is 1.19 bits per heavy atom. The lowest BCUT2D eigenvalue weighted by atomic mass is 10.1. The number of rotatable bonds is 9. The smallest absolute Gasteiger partial charge is 0.191 e. The van der Waals surface area contributed by atoms with Crippen LogP contribution in [0.4, 0.5) is 0 Å². The number of hydrogen-bond acceptors (Lipinski definition) is 4. The second-order valence-electron chi connectivity index (χ2n) is 6.79. The average Bonchev–Trinajstić information content (AvgIpc) is 2.66. The third kappa shape index (κ3) is 7.72. The topological polar surface area (TPSA) is 69.1 Å². The minimum absolute atomic E-state index is 0.111. The van der Waals surface area contributed by atoms with Crippen molar-refractivity contribution in [3.05, 3.63) is 35.4 Å². The summed E-state index contributed by atoms with van der Waals surface area (Å²) in [5.74, 6) is 0.847. The minimum atomic E-state index is -0.111. The number of nitrogens with one attached hydrogen (secondary N) is 2. The number of guanidine groups is 1. The predicted octanol–water partition coefficient (Wildman–Crippen LogP) is 1.73. The standard InChI is InChI=1S/C20H34N4O2/c1-3-21-20(22-11-4-14-26-2)23-15-17-5-7-18(8-6-17)16-24-12-9-19(25)10-13-24/h5-8,19,25H,3-4,9-16H2,1-2H3,(H2,21,22,23). The average molecular weight is 363 g/mol. The van der Waals surface area contributed by atoms with Gasteiger partial charge in [-0.1, -0.05) is 24.3 Å². The minimum Gasteiger partial charge on any atom is -0.393 e. The molecule has 0 aliphatic carbocycles. The summed E-state index contributed by atoms with van der Waals surface area (Å²) < 4.78 is 5.07. The number of piperidine rings is 1. The molecule has 1 aliphatic heterocycles. The van der Waals surface area contributed by atoms with Gasteiger partial charge in [0.15, 0.2) is 5.96 Å². The summed E-state index contributed by atoms with van der Waals surface area (Å²) in [7, 11) is 1.72.